The fraction of sp³-hybridized carbons (Fsp3) is 0.611. The second-order valence-corrected chi connectivity index (χ2v) is 7.29. The highest BCUT2D eigenvalue weighted by molar-refractivity contribution is 5.90. The van der Waals surface area contributed by atoms with Crippen LogP contribution in [0.4, 0.5) is 14.9 Å². The third kappa shape index (κ3) is 2.67. The Morgan fingerprint density at radius 2 is 2.00 bits per heavy atom. The van der Waals surface area contributed by atoms with E-state index in [-0.39, 0.29) is 23.3 Å². The molecule has 6 heteroatoms. The molecule has 1 aliphatic heterocycles. The Morgan fingerprint density at radius 3 is 2.54 bits per heavy atom. The highest BCUT2D eigenvalue weighted by Crippen LogP contribution is 2.61. The van der Waals surface area contributed by atoms with Crippen molar-refractivity contribution in [1.29, 1.82) is 0 Å². The van der Waals surface area contributed by atoms with Gasteiger partial charge >= 0.3 is 6.03 Å². The van der Waals surface area contributed by atoms with Gasteiger partial charge in [-0.05, 0) is 24.1 Å². The molecular weight excluding hydrogens is 311 g/mol. The van der Waals surface area contributed by atoms with Gasteiger partial charge < -0.3 is 19.7 Å². The first-order chi connectivity index (χ1) is 11.3. The summed E-state index contributed by atoms with van der Waals surface area (Å²) < 4.78 is 24.3. The number of carbonyl (C=O) groups excluding carboxylic acids is 1. The van der Waals surface area contributed by atoms with Crippen molar-refractivity contribution in [3.05, 3.63) is 30.1 Å². The summed E-state index contributed by atoms with van der Waals surface area (Å²) >= 11 is 0. The molecule has 1 aromatic carbocycles. The van der Waals surface area contributed by atoms with Crippen LogP contribution in [-0.2, 0) is 9.47 Å². The minimum atomic E-state index is -0.516. The maximum absolute atomic E-state index is 13.3. The molecule has 1 aliphatic carbocycles. The molecule has 1 saturated heterocycles. The molecule has 2 fully saturated rings. The number of urea groups is 1. The fourth-order valence-corrected chi connectivity index (χ4v) is 4.49. The standard InChI is InChI=1S/C18H25FN2O3/c1-12(2)15-17(9-18(10-17,23-3)24-4)11-21(15)16(22)20-14-7-5-6-13(19)8-14/h5-8,12,15H,9-11H2,1-4H3,(H,20,22). The van der Waals surface area contributed by atoms with Crippen molar-refractivity contribution in [3.63, 3.8) is 0 Å². The number of amides is 2. The zero-order chi connectivity index (χ0) is 17.5. The van der Waals surface area contributed by atoms with Crippen LogP contribution in [0.25, 0.3) is 0 Å². The average Bonchev–Trinajstić information content (AvgIpc) is 2.45. The van der Waals surface area contributed by atoms with Crippen LogP contribution in [0.3, 0.4) is 0 Å². The van der Waals surface area contributed by atoms with E-state index >= 15 is 0 Å². The maximum Gasteiger partial charge on any atom is 0.322 e. The summed E-state index contributed by atoms with van der Waals surface area (Å²) in [4.78, 5) is 14.4. The van der Waals surface area contributed by atoms with Crippen molar-refractivity contribution in [1.82, 2.24) is 4.90 Å². The lowest BCUT2D eigenvalue weighted by Crippen LogP contribution is -2.77. The molecule has 1 heterocycles. The van der Waals surface area contributed by atoms with Gasteiger partial charge in [-0.2, -0.15) is 0 Å². The van der Waals surface area contributed by atoms with Crippen LogP contribution >= 0.6 is 0 Å². The number of halogens is 1. The summed E-state index contributed by atoms with van der Waals surface area (Å²) in [6, 6.07) is 5.89. The second kappa shape index (κ2) is 6.01. The van der Waals surface area contributed by atoms with Gasteiger partial charge in [0, 0.05) is 50.8 Å². The van der Waals surface area contributed by atoms with Crippen LogP contribution in [0.5, 0.6) is 0 Å². The molecule has 1 atom stereocenters. The van der Waals surface area contributed by atoms with E-state index in [2.05, 4.69) is 19.2 Å². The second-order valence-electron chi connectivity index (χ2n) is 7.29. The quantitative estimate of drug-likeness (QED) is 0.857. The van der Waals surface area contributed by atoms with Gasteiger partial charge in [0.1, 0.15) is 5.82 Å². The number of hydrogen-bond donors (Lipinski definition) is 1. The minimum Gasteiger partial charge on any atom is -0.353 e. The first-order valence-electron chi connectivity index (χ1n) is 8.28. The number of nitrogens with one attached hydrogen (secondary N) is 1. The van der Waals surface area contributed by atoms with E-state index in [9.17, 15) is 9.18 Å². The third-order valence-corrected chi connectivity index (χ3v) is 5.40. The predicted molar refractivity (Wildman–Crippen MR) is 89.2 cm³/mol. The number of carbonyl (C=O) groups is 1. The van der Waals surface area contributed by atoms with Gasteiger partial charge in [-0.1, -0.05) is 19.9 Å². The van der Waals surface area contributed by atoms with Gasteiger partial charge in [-0.3, -0.25) is 0 Å². The maximum atomic E-state index is 13.3. The number of rotatable bonds is 4. The van der Waals surface area contributed by atoms with Crippen molar-refractivity contribution in [2.24, 2.45) is 11.3 Å². The number of methoxy groups -OCH3 is 2. The summed E-state index contributed by atoms with van der Waals surface area (Å²) in [5, 5.41) is 2.79. The van der Waals surface area contributed by atoms with Crippen LogP contribution < -0.4 is 5.32 Å². The van der Waals surface area contributed by atoms with Crippen molar-refractivity contribution in [2.45, 2.75) is 38.5 Å². The topological polar surface area (TPSA) is 50.8 Å². The van der Waals surface area contributed by atoms with Crippen LogP contribution in [0.15, 0.2) is 24.3 Å². The molecular formula is C18H25FN2O3. The Bertz CT molecular complexity index is 622. The largest absolute Gasteiger partial charge is 0.353 e. The molecule has 3 rings (SSSR count). The third-order valence-electron chi connectivity index (χ3n) is 5.40. The summed E-state index contributed by atoms with van der Waals surface area (Å²) in [7, 11) is 3.32. The van der Waals surface area contributed by atoms with E-state index in [1.54, 1.807) is 26.4 Å². The smallest absolute Gasteiger partial charge is 0.322 e. The Labute approximate surface area is 142 Å². The molecule has 5 nitrogen and oxygen atoms in total. The monoisotopic (exact) mass is 336 g/mol. The Balaban J connectivity index is 1.68. The molecule has 1 spiro atoms. The molecule has 0 bridgehead atoms. The lowest BCUT2D eigenvalue weighted by atomic mass is 9.52. The van der Waals surface area contributed by atoms with Gasteiger partial charge in [-0.15, -0.1) is 0 Å². The number of ether oxygens (including phenoxy) is 2. The predicted octanol–water partition coefficient (Wildman–Crippen LogP) is 3.47. The van der Waals surface area contributed by atoms with Crippen LogP contribution in [0, 0.1) is 17.2 Å². The van der Waals surface area contributed by atoms with Gasteiger partial charge in [0.15, 0.2) is 5.79 Å². The van der Waals surface area contributed by atoms with Gasteiger partial charge in [0.25, 0.3) is 0 Å². The zero-order valence-corrected chi connectivity index (χ0v) is 14.6. The molecule has 1 N–H and O–H groups in total. The number of anilines is 1. The van der Waals surface area contributed by atoms with Gasteiger partial charge in [0.2, 0.25) is 0 Å². The van der Waals surface area contributed by atoms with E-state index in [0.29, 0.717) is 18.2 Å². The van der Waals surface area contributed by atoms with Gasteiger partial charge in [-0.25, -0.2) is 9.18 Å². The van der Waals surface area contributed by atoms with Gasteiger partial charge in [0.05, 0.1) is 0 Å². The molecule has 24 heavy (non-hydrogen) atoms. The summed E-state index contributed by atoms with van der Waals surface area (Å²) in [5.74, 6) is -0.556. The van der Waals surface area contributed by atoms with Crippen molar-refractivity contribution in [2.75, 3.05) is 26.1 Å². The normalized spacial score (nSPS) is 23.8. The molecule has 2 aliphatic rings. The van der Waals surface area contributed by atoms with Crippen molar-refractivity contribution >= 4 is 11.7 Å². The van der Waals surface area contributed by atoms with E-state index in [1.807, 2.05) is 4.90 Å². The molecule has 0 radical (unpaired) electrons. The van der Waals surface area contributed by atoms with Crippen LogP contribution in [0.2, 0.25) is 0 Å². The Kier molecular flexibility index (Phi) is 4.30. The van der Waals surface area contributed by atoms with Crippen LogP contribution in [0.1, 0.15) is 26.7 Å². The van der Waals surface area contributed by atoms with E-state index in [1.165, 1.54) is 12.1 Å². The number of hydrogen-bond acceptors (Lipinski definition) is 3. The molecule has 1 unspecified atom stereocenters. The first-order valence-corrected chi connectivity index (χ1v) is 8.28. The lowest BCUT2D eigenvalue weighted by Gasteiger charge is -2.68. The fourth-order valence-electron chi connectivity index (χ4n) is 4.49. The van der Waals surface area contributed by atoms with E-state index in [4.69, 9.17) is 9.47 Å². The summed E-state index contributed by atoms with van der Waals surface area (Å²) in [6.07, 6.45) is 1.58. The molecule has 0 aromatic heterocycles. The SMILES string of the molecule is COC1(OC)CC2(CN(C(=O)Nc3cccc(F)c3)C2C(C)C)C1. The Morgan fingerprint density at radius 1 is 1.33 bits per heavy atom. The Hall–Kier alpha value is -1.66. The highest BCUT2D eigenvalue weighted by Gasteiger charge is 2.67. The lowest BCUT2D eigenvalue weighted by molar-refractivity contribution is -0.331. The van der Waals surface area contributed by atoms with E-state index < -0.39 is 5.79 Å². The number of benzene rings is 1. The molecule has 2 amide bonds. The van der Waals surface area contributed by atoms with Crippen molar-refractivity contribution in [3.8, 4) is 0 Å². The molecule has 1 aromatic rings. The molecule has 132 valence electrons. The zero-order valence-electron chi connectivity index (χ0n) is 14.6. The first kappa shape index (κ1) is 17.2. The van der Waals surface area contributed by atoms with E-state index in [0.717, 1.165) is 12.8 Å². The average molecular weight is 336 g/mol. The number of nitrogens with zero attached hydrogens (tertiary/aromatic N) is 1. The number of likely N-dealkylation sites (tertiary alicyclic amines) is 1. The highest BCUT2D eigenvalue weighted by atomic mass is 19.1. The minimum absolute atomic E-state index is 0.0550. The summed E-state index contributed by atoms with van der Waals surface area (Å²) in [5.41, 5.74) is 0.527. The van der Waals surface area contributed by atoms with Crippen molar-refractivity contribution < 1.29 is 18.7 Å². The van der Waals surface area contributed by atoms with Crippen LogP contribution in [-0.4, -0.2) is 43.5 Å². The molecule has 1 saturated carbocycles. The summed E-state index contributed by atoms with van der Waals surface area (Å²) in [6.45, 7) is 4.91.